The van der Waals surface area contributed by atoms with Crippen LogP contribution < -0.4 is 0 Å². The molecular weight excluding hydrogens is 256 g/mol. The molecule has 4 nitrogen and oxygen atoms in total. The molecule has 0 spiro atoms. The molecule has 0 rings (SSSR count). The third-order valence-corrected chi connectivity index (χ3v) is 3.74. The Morgan fingerprint density at radius 2 is 1.40 bits per heavy atom. The highest BCUT2D eigenvalue weighted by molar-refractivity contribution is 5.66. The van der Waals surface area contributed by atoms with Crippen molar-refractivity contribution in [1.29, 1.82) is 0 Å². The van der Waals surface area contributed by atoms with Crippen LogP contribution in [0.2, 0.25) is 0 Å². The van der Waals surface area contributed by atoms with Crippen molar-refractivity contribution in [2.45, 2.75) is 83.3 Å². The van der Waals surface area contributed by atoms with E-state index in [1.54, 1.807) is 14.2 Å². The maximum absolute atomic E-state index is 10.4. The van der Waals surface area contributed by atoms with Crippen LogP contribution in [0.25, 0.3) is 0 Å². The number of hydrogen-bond donors (Lipinski definition) is 1. The Labute approximate surface area is 123 Å². The summed E-state index contributed by atoms with van der Waals surface area (Å²) < 4.78 is 11.1. The summed E-state index contributed by atoms with van der Waals surface area (Å²) in [6.45, 7) is 2.19. The molecule has 0 saturated heterocycles. The lowest BCUT2D eigenvalue weighted by atomic mass is 10.0. The summed E-state index contributed by atoms with van der Waals surface area (Å²) in [7, 11) is 3.52. The van der Waals surface area contributed by atoms with E-state index in [2.05, 4.69) is 6.92 Å². The second-order valence-corrected chi connectivity index (χ2v) is 5.39. The van der Waals surface area contributed by atoms with Crippen LogP contribution in [-0.4, -0.2) is 37.5 Å². The molecule has 2 unspecified atom stereocenters. The van der Waals surface area contributed by atoms with E-state index in [4.69, 9.17) is 14.6 Å². The highest BCUT2D eigenvalue weighted by Gasteiger charge is 2.19. The van der Waals surface area contributed by atoms with Gasteiger partial charge in [0, 0.05) is 20.6 Å². The first-order valence-corrected chi connectivity index (χ1v) is 7.93. The number of carboxylic acid groups (broad SMARTS) is 1. The number of hydrogen-bond acceptors (Lipinski definition) is 3. The van der Waals surface area contributed by atoms with Gasteiger partial charge in [-0.1, -0.05) is 45.4 Å². The summed E-state index contributed by atoms with van der Waals surface area (Å²) in [5.41, 5.74) is 0. The number of aliphatic carboxylic acids is 1. The number of rotatable bonds is 14. The van der Waals surface area contributed by atoms with Crippen LogP contribution in [0, 0.1) is 0 Å². The van der Waals surface area contributed by atoms with Crippen molar-refractivity contribution in [2.24, 2.45) is 0 Å². The molecule has 1 N–H and O–H groups in total. The summed E-state index contributed by atoms with van der Waals surface area (Å²) in [4.78, 5) is 10.4. The maximum atomic E-state index is 10.4. The van der Waals surface area contributed by atoms with Gasteiger partial charge in [-0.05, 0) is 19.3 Å². The summed E-state index contributed by atoms with van der Waals surface area (Å²) in [6.07, 6.45) is 10.3. The predicted octanol–water partition coefficient (Wildman–Crippen LogP) is 4.02. The van der Waals surface area contributed by atoms with Crippen LogP contribution in [0.3, 0.4) is 0 Å². The van der Waals surface area contributed by atoms with Gasteiger partial charge in [0.15, 0.2) is 0 Å². The van der Waals surface area contributed by atoms with Crippen molar-refractivity contribution in [2.75, 3.05) is 14.2 Å². The Hall–Kier alpha value is -0.610. The lowest BCUT2D eigenvalue weighted by Crippen LogP contribution is -2.30. The topological polar surface area (TPSA) is 55.8 Å². The Morgan fingerprint density at radius 1 is 0.900 bits per heavy atom. The zero-order valence-corrected chi connectivity index (χ0v) is 13.4. The number of methoxy groups -OCH3 is 2. The molecule has 0 aliphatic heterocycles. The van der Waals surface area contributed by atoms with Gasteiger partial charge >= 0.3 is 5.97 Å². The lowest BCUT2D eigenvalue weighted by Gasteiger charge is -2.24. The van der Waals surface area contributed by atoms with E-state index in [1.165, 1.54) is 12.8 Å². The second kappa shape index (κ2) is 13.4. The molecule has 0 aromatic rings. The van der Waals surface area contributed by atoms with Gasteiger partial charge in [0.1, 0.15) is 0 Å². The van der Waals surface area contributed by atoms with Gasteiger partial charge in [-0.15, -0.1) is 0 Å². The normalized spacial score (nSPS) is 14.2. The van der Waals surface area contributed by atoms with Crippen LogP contribution in [0.1, 0.15) is 71.1 Å². The van der Waals surface area contributed by atoms with Crippen molar-refractivity contribution in [3.63, 3.8) is 0 Å². The summed E-state index contributed by atoms with van der Waals surface area (Å²) in [5, 5.41) is 8.55. The van der Waals surface area contributed by atoms with E-state index in [1.807, 2.05) is 0 Å². The summed E-state index contributed by atoms with van der Waals surface area (Å²) >= 11 is 0. The standard InChI is InChI=1S/C16H32O4/c1-4-5-11-14(19-2)15(20-3)12-9-7-6-8-10-13-16(17)18/h14-15H,4-13H2,1-3H3,(H,17,18). The largest absolute Gasteiger partial charge is 0.481 e. The number of unbranched alkanes of at least 4 members (excludes halogenated alkanes) is 5. The summed E-state index contributed by atoms with van der Waals surface area (Å²) in [6, 6.07) is 0. The quantitative estimate of drug-likeness (QED) is 0.490. The lowest BCUT2D eigenvalue weighted by molar-refractivity contribution is -0.137. The van der Waals surface area contributed by atoms with E-state index >= 15 is 0 Å². The number of carboxylic acids is 1. The molecule has 0 aromatic heterocycles. The van der Waals surface area contributed by atoms with Gasteiger partial charge in [-0.25, -0.2) is 0 Å². The van der Waals surface area contributed by atoms with Gasteiger partial charge in [-0.3, -0.25) is 4.79 Å². The molecule has 0 fully saturated rings. The predicted molar refractivity (Wildman–Crippen MR) is 81.1 cm³/mol. The first-order chi connectivity index (χ1) is 9.65. The molecule has 0 saturated carbocycles. The van der Waals surface area contributed by atoms with Gasteiger partial charge < -0.3 is 14.6 Å². The van der Waals surface area contributed by atoms with E-state index in [9.17, 15) is 4.79 Å². The molecule has 20 heavy (non-hydrogen) atoms. The fourth-order valence-corrected chi connectivity index (χ4v) is 2.47. The molecule has 0 radical (unpaired) electrons. The molecule has 0 aliphatic rings. The molecule has 2 atom stereocenters. The Morgan fingerprint density at radius 3 is 1.90 bits per heavy atom. The minimum absolute atomic E-state index is 0.186. The van der Waals surface area contributed by atoms with Crippen molar-refractivity contribution < 1.29 is 19.4 Å². The van der Waals surface area contributed by atoms with E-state index in [0.717, 1.165) is 44.9 Å². The smallest absolute Gasteiger partial charge is 0.303 e. The number of carbonyl (C=O) groups is 1. The van der Waals surface area contributed by atoms with Crippen LogP contribution in [0.4, 0.5) is 0 Å². The van der Waals surface area contributed by atoms with Gasteiger partial charge in [-0.2, -0.15) is 0 Å². The van der Waals surface area contributed by atoms with E-state index in [0.29, 0.717) is 6.42 Å². The van der Waals surface area contributed by atoms with Crippen LogP contribution >= 0.6 is 0 Å². The minimum Gasteiger partial charge on any atom is -0.481 e. The van der Waals surface area contributed by atoms with Crippen molar-refractivity contribution >= 4 is 5.97 Å². The molecule has 120 valence electrons. The van der Waals surface area contributed by atoms with Crippen LogP contribution in [-0.2, 0) is 14.3 Å². The fraction of sp³-hybridized carbons (Fsp3) is 0.938. The average molecular weight is 288 g/mol. The zero-order chi connectivity index (χ0) is 15.2. The highest BCUT2D eigenvalue weighted by Crippen LogP contribution is 2.17. The van der Waals surface area contributed by atoms with E-state index < -0.39 is 5.97 Å². The molecular formula is C16H32O4. The van der Waals surface area contributed by atoms with Crippen molar-refractivity contribution in [3.8, 4) is 0 Å². The average Bonchev–Trinajstić information content (AvgIpc) is 2.44. The Bertz CT molecular complexity index is 231. The SMILES string of the molecule is CCCCC(OC)C(CCCCCCCC(=O)O)OC. The molecule has 0 amide bonds. The Balaban J connectivity index is 3.69. The van der Waals surface area contributed by atoms with Crippen LogP contribution in [0.15, 0.2) is 0 Å². The highest BCUT2D eigenvalue weighted by atomic mass is 16.5. The first-order valence-electron chi connectivity index (χ1n) is 7.93. The van der Waals surface area contributed by atoms with Crippen LogP contribution in [0.5, 0.6) is 0 Å². The minimum atomic E-state index is -0.691. The maximum Gasteiger partial charge on any atom is 0.303 e. The summed E-state index contributed by atoms with van der Waals surface area (Å²) in [5.74, 6) is -0.691. The third-order valence-electron chi connectivity index (χ3n) is 3.74. The zero-order valence-electron chi connectivity index (χ0n) is 13.4. The van der Waals surface area contributed by atoms with Gasteiger partial charge in [0.05, 0.1) is 12.2 Å². The number of ether oxygens (including phenoxy) is 2. The molecule has 0 aromatic carbocycles. The molecule has 4 heteroatoms. The van der Waals surface area contributed by atoms with Crippen molar-refractivity contribution in [1.82, 2.24) is 0 Å². The first kappa shape index (κ1) is 19.4. The monoisotopic (exact) mass is 288 g/mol. The third kappa shape index (κ3) is 10.2. The van der Waals surface area contributed by atoms with Gasteiger partial charge in [0.25, 0.3) is 0 Å². The second-order valence-electron chi connectivity index (χ2n) is 5.39. The Kier molecular flexibility index (Phi) is 13.0. The molecule has 0 aliphatic carbocycles. The molecule has 0 bridgehead atoms. The fourth-order valence-electron chi connectivity index (χ4n) is 2.47. The molecule has 0 heterocycles. The van der Waals surface area contributed by atoms with Crippen molar-refractivity contribution in [3.05, 3.63) is 0 Å². The van der Waals surface area contributed by atoms with Gasteiger partial charge in [0.2, 0.25) is 0 Å². The van der Waals surface area contributed by atoms with E-state index in [-0.39, 0.29) is 12.2 Å².